The van der Waals surface area contributed by atoms with Crippen molar-refractivity contribution in [2.24, 2.45) is 5.73 Å². The van der Waals surface area contributed by atoms with Gasteiger partial charge in [0.05, 0.1) is 5.56 Å². The van der Waals surface area contributed by atoms with E-state index in [-0.39, 0.29) is 17.9 Å². The van der Waals surface area contributed by atoms with Crippen LogP contribution in [0.4, 0.5) is 5.82 Å². The summed E-state index contributed by atoms with van der Waals surface area (Å²) in [6, 6.07) is 13.8. The highest BCUT2D eigenvalue weighted by Crippen LogP contribution is 2.27. The molecule has 1 fully saturated rings. The van der Waals surface area contributed by atoms with Gasteiger partial charge in [0.15, 0.2) is 0 Å². The maximum Gasteiger partial charge on any atom is 0.255 e. The number of hydrogen-bond donors (Lipinski definition) is 1. The van der Waals surface area contributed by atoms with Crippen molar-refractivity contribution >= 4 is 11.7 Å². The van der Waals surface area contributed by atoms with Crippen molar-refractivity contribution in [3.05, 3.63) is 59.8 Å². The van der Waals surface area contributed by atoms with Crippen molar-refractivity contribution in [2.45, 2.75) is 12.0 Å². The van der Waals surface area contributed by atoms with Crippen molar-refractivity contribution in [1.29, 1.82) is 0 Å². The Balaban J connectivity index is 1.74. The molecule has 3 rings (SSSR count). The number of nitrogens with zero attached hydrogens (tertiary/aromatic N) is 3. The molecule has 23 heavy (non-hydrogen) atoms. The van der Waals surface area contributed by atoms with Gasteiger partial charge in [-0.1, -0.05) is 30.3 Å². The number of rotatable bonds is 3. The maximum absolute atomic E-state index is 12.7. The molecule has 1 amide bonds. The van der Waals surface area contributed by atoms with Gasteiger partial charge in [-0.05, 0) is 17.7 Å². The molecule has 1 aliphatic rings. The lowest BCUT2D eigenvalue weighted by Crippen LogP contribution is -2.32. The van der Waals surface area contributed by atoms with Gasteiger partial charge < -0.3 is 15.5 Å². The minimum Gasteiger partial charge on any atom is -0.363 e. The van der Waals surface area contributed by atoms with Crippen LogP contribution in [0.15, 0.2) is 48.7 Å². The first-order valence-electron chi connectivity index (χ1n) is 7.79. The molecule has 5 nitrogen and oxygen atoms in total. The van der Waals surface area contributed by atoms with Crippen LogP contribution in [-0.2, 0) is 0 Å². The Kier molecular flexibility index (Phi) is 4.30. The Morgan fingerprint density at radius 1 is 1.17 bits per heavy atom. The van der Waals surface area contributed by atoms with Crippen molar-refractivity contribution in [3.8, 4) is 0 Å². The third-order valence-electron chi connectivity index (χ3n) is 4.33. The van der Waals surface area contributed by atoms with Gasteiger partial charge in [-0.2, -0.15) is 0 Å². The number of likely N-dealkylation sites (tertiary alicyclic amines) is 1. The van der Waals surface area contributed by atoms with Crippen molar-refractivity contribution < 1.29 is 4.79 Å². The van der Waals surface area contributed by atoms with Gasteiger partial charge in [-0.25, -0.2) is 4.98 Å². The number of aromatic nitrogens is 1. The fourth-order valence-corrected chi connectivity index (χ4v) is 3.01. The second-order valence-electron chi connectivity index (χ2n) is 6.19. The highest BCUT2D eigenvalue weighted by molar-refractivity contribution is 5.94. The average Bonchev–Trinajstić information content (AvgIpc) is 2.97. The monoisotopic (exact) mass is 310 g/mol. The summed E-state index contributed by atoms with van der Waals surface area (Å²) in [5, 5.41) is 0. The third kappa shape index (κ3) is 3.19. The highest BCUT2D eigenvalue weighted by Gasteiger charge is 2.34. The van der Waals surface area contributed by atoms with Crippen molar-refractivity contribution in [1.82, 2.24) is 9.88 Å². The summed E-state index contributed by atoms with van der Waals surface area (Å²) >= 11 is 0. The molecule has 0 aliphatic carbocycles. The fraction of sp³-hybridized carbons (Fsp3) is 0.333. The predicted octanol–water partition coefficient (Wildman–Crippen LogP) is 1.71. The third-order valence-corrected chi connectivity index (χ3v) is 4.33. The molecule has 0 bridgehead atoms. The molecule has 2 atom stereocenters. The van der Waals surface area contributed by atoms with Crippen LogP contribution in [0.3, 0.4) is 0 Å². The molecule has 1 aromatic heterocycles. The summed E-state index contributed by atoms with van der Waals surface area (Å²) in [5.74, 6) is 1.02. The van der Waals surface area contributed by atoms with E-state index in [9.17, 15) is 4.79 Å². The molecule has 120 valence electrons. The lowest BCUT2D eigenvalue weighted by Gasteiger charge is -2.17. The molecule has 2 aromatic rings. The SMILES string of the molecule is CN(C)c1ccc(C(=O)N2C[C@@H](N)[C@H](c3ccccc3)C2)cn1. The summed E-state index contributed by atoms with van der Waals surface area (Å²) in [5.41, 5.74) is 8.06. The first kappa shape index (κ1) is 15.5. The number of nitrogens with two attached hydrogens (primary N) is 1. The smallest absolute Gasteiger partial charge is 0.255 e. The maximum atomic E-state index is 12.7. The van der Waals surface area contributed by atoms with Crippen LogP contribution in [0.1, 0.15) is 21.8 Å². The van der Waals surface area contributed by atoms with Gasteiger partial charge in [-0.15, -0.1) is 0 Å². The summed E-state index contributed by atoms with van der Waals surface area (Å²) in [7, 11) is 3.85. The molecule has 5 heteroatoms. The van der Waals surface area contributed by atoms with E-state index in [1.165, 1.54) is 5.56 Å². The van der Waals surface area contributed by atoms with Gasteiger partial charge in [0, 0.05) is 45.3 Å². The lowest BCUT2D eigenvalue weighted by atomic mass is 9.95. The fourth-order valence-electron chi connectivity index (χ4n) is 3.01. The first-order chi connectivity index (χ1) is 11.1. The van der Waals surface area contributed by atoms with Crippen LogP contribution in [0, 0.1) is 0 Å². The largest absolute Gasteiger partial charge is 0.363 e. The van der Waals surface area contributed by atoms with E-state index in [2.05, 4.69) is 17.1 Å². The molecular weight excluding hydrogens is 288 g/mol. The molecule has 1 saturated heterocycles. The Hall–Kier alpha value is -2.40. The molecular formula is C18H22N4O. The summed E-state index contributed by atoms with van der Waals surface area (Å²) in [6.07, 6.45) is 1.64. The number of hydrogen-bond acceptors (Lipinski definition) is 4. The Labute approximate surface area is 136 Å². The van der Waals surface area contributed by atoms with Crippen LogP contribution in [0.5, 0.6) is 0 Å². The number of amides is 1. The number of carbonyl (C=O) groups is 1. The van der Waals surface area contributed by atoms with Gasteiger partial charge in [-0.3, -0.25) is 4.79 Å². The zero-order valence-electron chi connectivity index (χ0n) is 13.5. The van der Waals surface area contributed by atoms with Gasteiger partial charge in [0.2, 0.25) is 0 Å². The van der Waals surface area contributed by atoms with Crippen LogP contribution in [0.2, 0.25) is 0 Å². The first-order valence-corrected chi connectivity index (χ1v) is 7.79. The van der Waals surface area contributed by atoms with E-state index in [1.807, 2.05) is 54.2 Å². The summed E-state index contributed by atoms with van der Waals surface area (Å²) in [4.78, 5) is 20.7. The van der Waals surface area contributed by atoms with E-state index >= 15 is 0 Å². The molecule has 0 saturated carbocycles. The Bertz CT molecular complexity index is 669. The Morgan fingerprint density at radius 2 is 1.91 bits per heavy atom. The number of anilines is 1. The highest BCUT2D eigenvalue weighted by atomic mass is 16.2. The van der Waals surface area contributed by atoms with Crippen molar-refractivity contribution in [2.75, 3.05) is 32.1 Å². The van der Waals surface area contributed by atoms with Crippen LogP contribution in [0.25, 0.3) is 0 Å². The number of pyridine rings is 1. The molecule has 1 aromatic carbocycles. The van der Waals surface area contributed by atoms with E-state index in [4.69, 9.17) is 5.73 Å². The minimum absolute atomic E-state index is 0.00307. The second-order valence-corrected chi connectivity index (χ2v) is 6.19. The topological polar surface area (TPSA) is 62.5 Å². The zero-order chi connectivity index (χ0) is 16.4. The minimum atomic E-state index is -0.0321. The van der Waals surface area contributed by atoms with Gasteiger partial charge in [0.25, 0.3) is 5.91 Å². The quantitative estimate of drug-likeness (QED) is 0.937. The average molecular weight is 310 g/mol. The molecule has 1 aliphatic heterocycles. The molecule has 0 radical (unpaired) electrons. The summed E-state index contributed by atoms with van der Waals surface area (Å²) < 4.78 is 0. The second kappa shape index (κ2) is 6.38. The number of carbonyl (C=O) groups excluding carboxylic acids is 1. The van der Waals surface area contributed by atoms with Crippen LogP contribution in [-0.4, -0.2) is 49.0 Å². The molecule has 2 heterocycles. The normalized spacial score (nSPS) is 20.6. The van der Waals surface area contributed by atoms with Crippen LogP contribution >= 0.6 is 0 Å². The van der Waals surface area contributed by atoms with Crippen molar-refractivity contribution in [3.63, 3.8) is 0 Å². The summed E-state index contributed by atoms with van der Waals surface area (Å²) in [6.45, 7) is 1.23. The van der Waals surface area contributed by atoms with E-state index in [0.29, 0.717) is 18.7 Å². The van der Waals surface area contributed by atoms with E-state index in [1.54, 1.807) is 6.20 Å². The predicted molar refractivity (Wildman–Crippen MR) is 91.6 cm³/mol. The van der Waals surface area contributed by atoms with E-state index < -0.39 is 0 Å². The zero-order valence-corrected chi connectivity index (χ0v) is 13.5. The van der Waals surface area contributed by atoms with Gasteiger partial charge in [0.1, 0.15) is 5.82 Å². The lowest BCUT2D eigenvalue weighted by molar-refractivity contribution is 0.0789. The molecule has 0 spiro atoms. The van der Waals surface area contributed by atoms with E-state index in [0.717, 1.165) is 5.82 Å². The molecule has 2 N–H and O–H groups in total. The standard InChI is InChI=1S/C18H22N4O/c1-21(2)17-9-8-14(10-20-17)18(23)22-11-15(16(19)12-22)13-6-4-3-5-7-13/h3-10,15-16H,11-12,19H2,1-2H3/t15-,16+/m0/s1. The van der Waals surface area contributed by atoms with Gasteiger partial charge >= 0.3 is 0 Å². The Morgan fingerprint density at radius 3 is 2.52 bits per heavy atom. The molecule has 0 unspecified atom stereocenters. The van der Waals surface area contributed by atoms with Crippen LogP contribution < -0.4 is 10.6 Å². The number of benzene rings is 1.